The third kappa shape index (κ3) is 19.1. The lowest BCUT2D eigenvalue weighted by molar-refractivity contribution is -0.156. The van der Waals surface area contributed by atoms with Crippen LogP contribution in [0.3, 0.4) is 0 Å². The second-order valence-corrected chi connectivity index (χ2v) is 10.1. The summed E-state index contributed by atoms with van der Waals surface area (Å²) < 4.78 is 0. The van der Waals surface area contributed by atoms with E-state index in [-0.39, 0.29) is 46.9 Å². The number of Topliss-reactive ketones (excluding diaryl/α,β-unsaturated/α-hetero) is 3. The smallest absolute Gasteiger partial charge is 0.317 e. The molecule has 0 saturated carbocycles. The average Bonchev–Trinajstić information content (AvgIpc) is 2.81. The van der Waals surface area contributed by atoms with E-state index in [0.29, 0.717) is 38.5 Å². The monoisotopic (exact) mass is 621 g/mol. The minimum atomic E-state index is -1.14. The third-order valence-corrected chi connectivity index (χ3v) is 6.87. The van der Waals surface area contributed by atoms with Gasteiger partial charge in [0.2, 0.25) is 0 Å². The van der Waals surface area contributed by atoms with Crippen LogP contribution in [0.25, 0.3) is 0 Å². The van der Waals surface area contributed by atoms with E-state index >= 15 is 0 Å². The number of aliphatic hydroxyl groups excluding tert-OH is 2. The Hall–Kier alpha value is -2.13. The van der Waals surface area contributed by atoms with Crippen molar-refractivity contribution in [2.24, 2.45) is 16.2 Å². The van der Waals surface area contributed by atoms with Crippen molar-refractivity contribution in [3.8, 4) is 0 Å². The van der Waals surface area contributed by atoms with E-state index < -0.39 is 34.2 Å². The molecule has 0 amide bonds. The van der Waals surface area contributed by atoms with Crippen molar-refractivity contribution >= 4 is 52.6 Å². The summed E-state index contributed by atoms with van der Waals surface area (Å²) in [6.07, 6.45) is 1.88. The molecule has 0 aliphatic carbocycles. The van der Waals surface area contributed by atoms with Crippen LogP contribution in [-0.4, -0.2) is 90.4 Å². The molecule has 247 valence electrons. The molecule has 0 saturated heterocycles. The molecule has 0 aliphatic rings. The molecule has 5 N–H and O–H groups in total. The number of rotatable bonds is 12. The van der Waals surface area contributed by atoms with Gasteiger partial charge in [0.25, 0.3) is 0 Å². The Bertz CT molecular complexity index is 638. The zero-order valence-electron chi connectivity index (χ0n) is 28.2. The largest absolute Gasteiger partial charge is 0.480 e. The molecule has 12 heteroatoms. The highest BCUT2D eigenvalue weighted by atomic mass is 27.0. The van der Waals surface area contributed by atoms with Gasteiger partial charge in [-0.1, -0.05) is 41.5 Å². The maximum absolute atomic E-state index is 11.0. The first-order valence-corrected chi connectivity index (χ1v) is 14.1. The molecule has 0 aliphatic heterocycles. The number of aliphatic hydroxyl groups is 2. The number of hydrogen-bond acceptors (Lipinski definition) is 8. The molecule has 11 nitrogen and oxygen atoms in total. The van der Waals surface area contributed by atoms with Gasteiger partial charge in [0.05, 0.1) is 0 Å². The standard InChI is InChI=1S/3C8H14O3.2C3H8O.Al/c3*1-4-8(5-2,6(3)9)7(10)11;2*1-3(2)4;/h3*4-5H2,1-3H3,(H,10,11);2*3-4H,1-2H3;. The summed E-state index contributed by atoms with van der Waals surface area (Å²) in [6.45, 7) is 21.2. The molecular weight excluding hydrogens is 563 g/mol. The number of ketones is 3. The van der Waals surface area contributed by atoms with Crippen molar-refractivity contribution in [2.45, 2.75) is 141 Å². The fraction of sp³-hybridized carbons (Fsp3) is 0.800. The second kappa shape index (κ2) is 26.5. The summed E-state index contributed by atoms with van der Waals surface area (Å²) in [4.78, 5) is 65.1. The van der Waals surface area contributed by atoms with E-state index in [9.17, 15) is 28.8 Å². The van der Waals surface area contributed by atoms with Crippen LogP contribution in [0.1, 0.15) is 129 Å². The van der Waals surface area contributed by atoms with Crippen molar-refractivity contribution in [2.75, 3.05) is 0 Å². The number of aliphatic carboxylic acids is 3. The van der Waals surface area contributed by atoms with Crippen molar-refractivity contribution in [3.05, 3.63) is 0 Å². The molecule has 0 aromatic rings. The molecule has 0 aromatic heterocycles. The lowest BCUT2D eigenvalue weighted by atomic mass is 9.79. The van der Waals surface area contributed by atoms with Gasteiger partial charge >= 0.3 is 17.9 Å². The first-order valence-electron chi connectivity index (χ1n) is 14.1. The molecule has 0 aromatic carbocycles. The minimum absolute atomic E-state index is 0. The Morgan fingerprint density at radius 3 is 0.548 bits per heavy atom. The fourth-order valence-electron chi connectivity index (χ4n) is 3.60. The average molecular weight is 622 g/mol. The molecular formula is C30H58AlO11. The summed E-state index contributed by atoms with van der Waals surface area (Å²) in [7, 11) is 0. The van der Waals surface area contributed by atoms with Crippen LogP contribution in [0.4, 0.5) is 0 Å². The Morgan fingerprint density at radius 2 is 0.548 bits per heavy atom. The van der Waals surface area contributed by atoms with Crippen LogP contribution in [-0.2, 0) is 28.8 Å². The first kappa shape index (κ1) is 52.5. The predicted octanol–water partition coefficient (Wildman–Crippen LogP) is 4.79. The summed E-state index contributed by atoms with van der Waals surface area (Å²) in [5, 5.41) is 42.4. The van der Waals surface area contributed by atoms with Crippen LogP contribution in [0.15, 0.2) is 0 Å². The molecule has 0 unspecified atom stereocenters. The zero-order valence-corrected chi connectivity index (χ0v) is 29.3. The molecule has 0 rings (SSSR count). The highest BCUT2D eigenvalue weighted by Gasteiger charge is 2.41. The van der Waals surface area contributed by atoms with Gasteiger partial charge in [-0.05, 0) is 87.0 Å². The van der Waals surface area contributed by atoms with Crippen LogP contribution >= 0.6 is 0 Å². The van der Waals surface area contributed by atoms with Gasteiger partial charge < -0.3 is 25.5 Å². The van der Waals surface area contributed by atoms with Crippen molar-refractivity contribution in [1.82, 2.24) is 0 Å². The summed E-state index contributed by atoms with van der Waals surface area (Å²) in [5.74, 6) is -3.78. The van der Waals surface area contributed by atoms with Crippen LogP contribution in [0.2, 0.25) is 0 Å². The summed E-state index contributed by atoms with van der Waals surface area (Å²) in [5.41, 5.74) is -3.42. The van der Waals surface area contributed by atoms with Gasteiger partial charge in [0.1, 0.15) is 33.6 Å². The Balaban J connectivity index is -0.000000101. The Labute approximate surface area is 263 Å². The van der Waals surface area contributed by atoms with E-state index in [2.05, 4.69) is 0 Å². The highest BCUT2D eigenvalue weighted by Crippen LogP contribution is 2.29. The van der Waals surface area contributed by atoms with E-state index in [4.69, 9.17) is 25.5 Å². The maximum Gasteiger partial charge on any atom is 0.317 e. The van der Waals surface area contributed by atoms with E-state index in [1.54, 1.807) is 69.2 Å². The van der Waals surface area contributed by atoms with Gasteiger partial charge in [-0.3, -0.25) is 28.8 Å². The second-order valence-electron chi connectivity index (χ2n) is 10.1. The zero-order chi connectivity index (χ0) is 34.4. The quantitative estimate of drug-likeness (QED) is 0.148. The lowest BCUT2D eigenvalue weighted by Gasteiger charge is -2.22. The molecule has 0 atom stereocenters. The minimum Gasteiger partial charge on any atom is -0.480 e. The van der Waals surface area contributed by atoms with Gasteiger partial charge in [-0.15, -0.1) is 0 Å². The Morgan fingerprint density at radius 1 is 0.452 bits per heavy atom. The van der Waals surface area contributed by atoms with Crippen LogP contribution < -0.4 is 0 Å². The van der Waals surface area contributed by atoms with Crippen LogP contribution in [0, 0.1) is 16.2 Å². The third-order valence-electron chi connectivity index (χ3n) is 6.87. The molecule has 0 fully saturated rings. The topological polar surface area (TPSA) is 204 Å². The number of carbonyl (C=O) groups excluding carboxylic acids is 3. The summed E-state index contributed by atoms with van der Waals surface area (Å²) in [6, 6.07) is 0. The number of carbonyl (C=O) groups is 6. The summed E-state index contributed by atoms with van der Waals surface area (Å²) >= 11 is 0. The number of carboxylic acids is 3. The molecule has 42 heavy (non-hydrogen) atoms. The van der Waals surface area contributed by atoms with Gasteiger partial charge in [-0.2, -0.15) is 0 Å². The molecule has 3 radical (unpaired) electrons. The Kier molecular flexibility index (Phi) is 33.1. The molecule has 0 bridgehead atoms. The van der Waals surface area contributed by atoms with Crippen molar-refractivity contribution in [3.63, 3.8) is 0 Å². The SMILES string of the molecule is CC(C)O.CC(C)O.CCC(CC)(C(C)=O)C(=O)O.CCC(CC)(C(C)=O)C(=O)O.CCC(CC)(C(C)=O)C(=O)O.[Al]. The van der Waals surface area contributed by atoms with Gasteiger partial charge in [0.15, 0.2) is 0 Å². The molecule has 0 heterocycles. The first-order chi connectivity index (χ1) is 18.5. The highest BCUT2D eigenvalue weighted by molar-refractivity contribution is 6.02. The normalized spacial score (nSPS) is 10.5. The fourth-order valence-corrected chi connectivity index (χ4v) is 3.60. The van der Waals surface area contributed by atoms with Crippen molar-refractivity contribution in [1.29, 1.82) is 0 Å². The van der Waals surface area contributed by atoms with Crippen molar-refractivity contribution < 1.29 is 54.3 Å². The van der Waals surface area contributed by atoms with Crippen LogP contribution in [0.5, 0.6) is 0 Å². The van der Waals surface area contributed by atoms with E-state index in [1.165, 1.54) is 20.8 Å². The van der Waals surface area contributed by atoms with Gasteiger partial charge in [-0.25, -0.2) is 0 Å². The number of hydrogen-bond donors (Lipinski definition) is 5. The maximum atomic E-state index is 11.0. The predicted molar refractivity (Wildman–Crippen MR) is 164 cm³/mol. The molecule has 0 spiro atoms. The lowest BCUT2D eigenvalue weighted by Crippen LogP contribution is -2.36. The van der Waals surface area contributed by atoms with E-state index in [0.717, 1.165) is 0 Å². The number of carboxylic acid groups (broad SMARTS) is 3. The van der Waals surface area contributed by atoms with E-state index in [1.807, 2.05) is 0 Å². The van der Waals surface area contributed by atoms with Gasteiger partial charge in [0, 0.05) is 29.6 Å².